The number of nitrogens with zero attached hydrogens (tertiary/aromatic N) is 1. The summed E-state index contributed by atoms with van der Waals surface area (Å²) in [6, 6.07) is 3.34. The van der Waals surface area contributed by atoms with E-state index < -0.39 is 10.0 Å². The third-order valence-electron chi connectivity index (χ3n) is 3.50. The summed E-state index contributed by atoms with van der Waals surface area (Å²) in [5.41, 5.74) is 0. The van der Waals surface area contributed by atoms with Gasteiger partial charge in [-0.05, 0) is 31.5 Å². The number of carbonyl (C=O) groups is 1. The highest BCUT2D eigenvalue weighted by Crippen LogP contribution is 2.27. The quantitative estimate of drug-likeness (QED) is 0.683. The lowest BCUT2D eigenvalue weighted by atomic mass is 10.3. The molecule has 1 fully saturated rings. The van der Waals surface area contributed by atoms with Gasteiger partial charge >= 0.3 is 0 Å². The molecule has 1 saturated heterocycles. The number of amides is 1. The first-order valence-electron chi connectivity index (χ1n) is 7.60. The Morgan fingerprint density at radius 1 is 1.27 bits per heavy atom. The molecular weight excluding hydrogens is 322 g/mol. The molecular formula is C14H23N3O3S2. The van der Waals surface area contributed by atoms with E-state index in [0.717, 1.165) is 30.8 Å². The number of thiophene rings is 1. The van der Waals surface area contributed by atoms with Gasteiger partial charge in [-0.1, -0.05) is 6.92 Å². The van der Waals surface area contributed by atoms with E-state index in [9.17, 15) is 13.2 Å². The monoisotopic (exact) mass is 345 g/mol. The van der Waals surface area contributed by atoms with E-state index in [1.807, 2.05) is 6.92 Å². The van der Waals surface area contributed by atoms with Gasteiger partial charge in [0, 0.05) is 31.1 Å². The van der Waals surface area contributed by atoms with Crippen molar-refractivity contribution in [3.05, 3.63) is 17.0 Å². The van der Waals surface area contributed by atoms with Crippen molar-refractivity contribution in [2.45, 2.75) is 30.4 Å². The fourth-order valence-corrected chi connectivity index (χ4v) is 5.36. The fraction of sp³-hybridized carbons (Fsp3) is 0.643. The normalized spacial score (nSPS) is 16.0. The first-order valence-corrected chi connectivity index (χ1v) is 9.86. The molecule has 1 aromatic rings. The zero-order chi connectivity index (χ0) is 16.0. The molecule has 2 heterocycles. The first kappa shape index (κ1) is 17.4. The van der Waals surface area contributed by atoms with E-state index >= 15 is 0 Å². The molecule has 6 nitrogen and oxygen atoms in total. The molecule has 22 heavy (non-hydrogen) atoms. The minimum atomic E-state index is -3.37. The number of hydrogen-bond donors (Lipinski definition) is 2. The SMILES string of the molecule is CCNCCNC(=O)Cc1ccc(S(=O)(=O)N2CCCC2)s1. The third kappa shape index (κ3) is 4.52. The molecule has 1 amide bonds. The summed E-state index contributed by atoms with van der Waals surface area (Å²) < 4.78 is 26.7. The van der Waals surface area contributed by atoms with Crippen LogP contribution in [0.15, 0.2) is 16.3 Å². The number of hydrogen-bond acceptors (Lipinski definition) is 5. The van der Waals surface area contributed by atoms with Gasteiger partial charge in [0.1, 0.15) is 4.21 Å². The van der Waals surface area contributed by atoms with Gasteiger partial charge in [-0.2, -0.15) is 4.31 Å². The molecule has 1 aliphatic rings. The number of likely N-dealkylation sites (N-methyl/N-ethyl adjacent to an activating group) is 1. The maximum absolute atomic E-state index is 12.4. The average Bonchev–Trinajstić information content (AvgIpc) is 3.15. The van der Waals surface area contributed by atoms with Gasteiger partial charge in [0.05, 0.1) is 6.42 Å². The minimum absolute atomic E-state index is 0.0788. The minimum Gasteiger partial charge on any atom is -0.355 e. The molecule has 0 atom stereocenters. The van der Waals surface area contributed by atoms with Gasteiger partial charge in [-0.3, -0.25) is 4.79 Å². The van der Waals surface area contributed by atoms with Crippen LogP contribution in [0.3, 0.4) is 0 Å². The molecule has 0 saturated carbocycles. The van der Waals surface area contributed by atoms with Gasteiger partial charge in [0.25, 0.3) is 10.0 Å². The number of sulfonamides is 1. The van der Waals surface area contributed by atoms with Crippen LogP contribution in [-0.4, -0.2) is 51.4 Å². The topological polar surface area (TPSA) is 78.5 Å². The lowest BCUT2D eigenvalue weighted by Gasteiger charge is -2.13. The van der Waals surface area contributed by atoms with Crippen molar-refractivity contribution in [3.63, 3.8) is 0 Å². The average molecular weight is 345 g/mol. The van der Waals surface area contributed by atoms with E-state index in [0.29, 0.717) is 23.8 Å². The molecule has 0 aliphatic carbocycles. The molecule has 0 radical (unpaired) electrons. The second kappa shape index (κ2) is 8.05. The van der Waals surface area contributed by atoms with E-state index in [1.165, 1.54) is 15.6 Å². The summed E-state index contributed by atoms with van der Waals surface area (Å²) in [6.07, 6.45) is 2.07. The Labute approximate surface area is 135 Å². The highest BCUT2D eigenvalue weighted by molar-refractivity contribution is 7.91. The summed E-state index contributed by atoms with van der Waals surface area (Å²) >= 11 is 1.19. The molecule has 0 aromatic carbocycles. The molecule has 2 rings (SSSR count). The second-order valence-electron chi connectivity index (χ2n) is 5.21. The van der Waals surface area contributed by atoms with Crippen molar-refractivity contribution in [1.82, 2.24) is 14.9 Å². The molecule has 1 aromatic heterocycles. The van der Waals surface area contributed by atoms with Crippen LogP contribution in [0.5, 0.6) is 0 Å². The van der Waals surface area contributed by atoms with Crippen LogP contribution in [-0.2, 0) is 21.2 Å². The van der Waals surface area contributed by atoms with Crippen LogP contribution in [0, 0.1) is 0 Å². The summed E-state index contributed by atoms with van der Waals surface area (Å²) in [5, 5.41) is 5.94. The summed E-state index contributed by atoms with van der Waals surface area (Å²) in [4.78, 5) is 12.6. The Hall–Kier alpha value is -0.960. The number of carbonyl (C=O) groups excluding carboxylic acids is 1. The third-order valence-corrected chi connectivity index (χ3v) is 6.96. The molecule has 124 valence electrons. The Morgan fingerprint density at radius 2 is 2.00 bits per heavy atom. The lowest BCUT2D eigenvalue weighted by molar-refractivity contribution is -0.120. The predicted molar refractivity (Wildman–Crippen MR) is 87.6 cm³/mol. The first-order chi connectivity index (χ1) is 10.5. The van der Waals surface area contributed by atoms with Gasteiger partial charge in [-0.15, -0.1) is 11.3 Å². The van der Waals surface area contributed by atoms with Crippen molar-refractivity contribution in [2.24, 2.45) is 0 Å². The van der Waals surface area contributed by atoms with E-state index in [-0.39, 0.29) is 12.3 Å². The van der Waals surface area contributed by atoms with E-state index in [4.69, 9.17) is 0 Å². The van der Waals surface area contributed by atoms with Crippen molar-refractivity contribution in [2.75, 3.05) is 32.7 Å². The highest BCUT2D eigenvalue weighted by atomic mass is 32.2. The zero-order valence-electron chi connectivity index (χ0n) is 12.8. The van der Waals surface area contributed by atoms with Crippen molar-refractivity contribution >= 4 is 27.3 Å². The number of nitrogens with one attached hydrogen (secondary N) is 2. The van der Waals surface area contributed by atoms with Crippen LogP contribution >= 0.6 is 11.3 Å². The van der Waals surface area contributed by atoms with Crippen molar-refractivity contribution in [1.29, 1.82) is 0 Å². The van der Waals surface area contributed by atoms with Crippen LogP contribution in [0.1, 0.15) is 24.6 Å². The highest BCUT2D eigenvalue weighted by Gasteiger charge is 2.28. The van der Waals surface area contributed by atoms with Crippen LogP contribution in [0.2, 0.25) is 0 Å². The molecule has 8 heteroatoms. The molecule has 0 spiro atoms. The lowest BCUT2D eigenvalue weighted by Crippen LogP contribution is -2.32. The molecule has 0 bridgehead atoms. The van der Waals surface area contributed by atoms with Gasteiger partial charge < -0.3 is 10.6 Å². The van der Waals surface area contributed by atoms with Crippen LogP contribution < -0.4 is 10.6 Å². The summed E-state index contributed by atoms with van der Waals surface area (Å²) in [6.45, 7) is 5.40. The number of rotatable bonds is 8. The van der Waals surface area contributed by atoms with Crippen molar-refractivity contribution < 1.29 is 13.2 Å². The maximum atomic E-state index is 12.4. The standard InChI is InChI=1S/C14H23N3O3S2/c1-2-15-7-8-16-13(18)11-12-5-6-14(21-12)22(19,20)17-9-3-4-10-17/h5-6,15H,2-4,7-11H2,1H3,(H,16,18). The van der Waals surface area contributed by atoms with Gasteiger partial charge in [-0.25, -0.2) is 8.42 Å². The zero-order valence-corrected chi connectivity index (χ0v) is 14.4. The van der Waals surface area contributed by atoms with E-state index in [1.54, 1.807) is 12.1 Å². The Bertz CT molecular complexity index is 592. The van der Waals surface area contributed by atoms with Crippen molar-refractivity contribution in [3.8, 4) is 0 Å². The second-order valence-corrected chi connectivity index (χ2v) is 8.55. The predicted octanol–water partition coefficient (Wildman–Crippen LogP) is 0.801. The van der Waals surface area contributed by atoms with Crippen LogP contribution in [0.25, 0.3) is 0 Å². The fourth-order valence-electron chi connectivity index (χ4n) is 2.34. The molecule has 0 unspecified atom stereocenters. The van der Waals surface area contributed by atoms with Gasteiger partial charge in [0.15, 0.2) is 0 Å². The molecule has 2 N–H and O–H groups in total. The Kier molecular flexibility index (Phi) is 6.37. The largest absolute Gasteiger partial charge is 0.355 e. The smallest absolute Gasteiger partial charge is 0.252 e. The Morgan fingerprint density at radius 3 is 2.68 bits per heavy atom. The Balaban J connectivity index is 1.89. The maximum Gasteiger partial charge on any atom is 0.252 e. The van der Waals surface area contributed by atoms with E-state index in [2.05, 4.69) is 10.6 Å². The molecule has 1 aliphatic heterocycles. The van der Waals surface area contributed by atoms with Crippen LogP contribution in [0.4, 0.5) is 0 Å². The summed E-state index contributed by atoms with van der Waals surface area (Å²) in [7, 11) is -3.37. The summed E-state index contributed by atoms with van der Waals surface area (Å²) in [5.74, 6) is -0.0788. The van der Waals surface area contributed by atoms with Gasteiger partial charge in [0.2, 0.25) is 5.91 Å².